The molecule has 0 amide bonds. The second-order valence-corrected chi connectivity index (χ2v) is 6.81. The van der Waals surface area contributed by atoms with Crippen LogP contribution in [0.5, 0.6) is 0 Å². The number of benzene rings is 1. The van der Waals surface area contributed by atoms with Gasteiger partial charge in [0.25, 0.3) is 0 Å². The summed E-state index contributed by atoms with van der Waals surface area (Å²) in [5, 5.41) is 5.38. The molecule has 88 valence electrons. The lowest BCUT2D eigenvalue weighted by atomic mass is 10.1. The van der Waals surface area contributed by atoms with Gasteiger partial charge >= 0.3 is 0 Å². The van der Waals surface area contributed by atoms with Gasteiger partial charge < -0.3 is 0 Å². The van der Waals surface area contributed by atoms with Crippen LogP contribution in [0.1, 0.15) is 15.9 Å². The van der Waals surface area contributed by atoms with Crippen molar-refractivity contribution in [1.29, 1.82) is 0 Å². The maximum absolute atomic E-state index is 11.7. The Kier molecular flexibility index (Phi) is 4.12. The van der Waals surface area contributed by atoms with Crippen LogP contribution in [-0.2, 0) is 10.0 Å². The number of halogens is 2. The highest BCUT2D eigenvalue weighted by atomic mass is 79.9. The molecule has 0 aliphatic carbocycles. The molecule has 0 fully saturated rings. The predicted molar refractivity (Wildman–Crippen MR) is 66.3 cm³/mol. The molecule has 1 aromatic rings. The van der Waals surface area contributed by atoms with E-state index in [0.29, 0.717) is 10.6 Å². The monoisotopic (exact) mass is 325 g/mol. The summed E-state index contributed by atoms with van der Waals surface area (Å²) in [7, 11) is -3.94. The van der Waals surface area contributed by atoms with Crippen LogP contribution < -0.4 is 5.14 Å². The zero-order valence-electron chi connectivity index (χ0n) is 8.28. The molecular formula is C9H9BrClNO3S. The Balaban J connectivity index is 3.11. The molecule has 1 unspecified atom stereocenters. The Hall–Kier alpha value is -0.430. The SMILES string of the molecule is Cc1cc(C(=O)C(Br)S(N)(=O)=O)ccc1Cl. The summed E-state index contributed by atoms with van der Waals surface area (Å²) in [6, 6.07) is 4.51. The Labute approximate surface area is 107 Å². The van der Waals surface area contributed by atoms with Gasteiger partial charge in [0.1, 0.15) is 0 Å². The van der Waals surface area contributed by atoms with E-state index < -0.39 is 20.0 Å². The van der Waals surface area contributed by atoms with Crippen molar-refractivity contribution in [2.45, 2.75) is 11.1 Å². The number of carbonyl (C=O) groups excluding carboxylic acids is 1. The number of aryl methyl sites for hydroxylation is 1. The van der Waals surface area contributed by atoms with Crippen LogP contribution in [0.3, 0.4) is 0 Å². The van der Waals surface area contributed by atoms with Gasteiger partial charge in [0.05, 0.1) is 0 Å². The topological polar surface area (TPSA) is 77.2 Å². The molecule has 16 heavy (non-hydrogen) atoms. The zero-order valence-corrected chi connectivity index (χ0v) is 11.4. The summed E-state index contributed by atoms with van der Waals surface area (Å²) in [5.41, 5.74) is 0.944. The Morgan fingerprint density at radius 2 is 2.06 bits per heavy atom. The highest BCUT2D eigenvalue weighted by Gasteiger charge is 2.27. The van der Waals surface area contributed by atoms with Crippen molar-refractivity contribution in [3.63, 3.8) is 0 Å². The first-order chi connectivity index (χ1) is 7.23. The zero-order chi connectivity index (χ0) is 12.5. The van der Waals surface area contributed by atoms with Crippen LogP contribution >= 0.6 is 27.5 Å². The predicted octanol–water partition coefficient (Wildman–Crippen LogP) is 1.84. The van der Waals surface area contributed by atoms with Crippen molar-refractivity contribution in [1.82, 2.24) is 0 Å². The Bertz CT molecular complexity index is 530. The van der Waals surface area contributed by atoms with Crippen molar-refractivity contribution in [2.75, 3.05) is 0 Å². The van der Waals surface area contributed by atoms with E-state index in [1.165, 1.54) is 18.2 Å². The standard InChI is InChI=1S/C9H9BrClNO3S/c1-5-4-6(2-3-7(5)11)8(13)9(10)16(12,14)15/h2-4,9H,1H3,(H2,12,14,15). The average molecular weight is 327 g/mol. The molecule has 0 aliphatic heterocycles. The lowest BCUT2D eigenvalue weighted by molar-refractivity contribution is 0.101. The average Bonchev–Trinajstić information content (AvgIpc) is 2.18. The quantitative estimate of drug-likeness (QED) is 0.680. The van der Waals surface area contributed by atoms with Crippen LogP contribution in [0.15, 0.2) is 18.2 Å². The van der Waals surface area contributed by atoms with Crippen LogP contribution in [0.4, 0.5) is 0 Å². The molecule has 0 radical (unpaired) electrons. The maximum Gasteiger partial charge on any atom is 0.229 e. The number of rotatable bonds is 3. The van der Waals surface area contributed by atoms with Crippen molar-refractivity contribution in [2.24, 2.45) is 5.14 Å². The molecule has 4 nitrogen and oxygen atoms in total. The van der Waals surface area contributed by atoms with Gasteiger partial charge in [-0.25, -0.2) is 13.6 Å². The van der Waals surface area contributed by atoms with Gasteiger partial charge in [-0.2, -0.15) is 0 Å². The molecule has 0 saturated carbocycles. The largest absolute Gasteiger partial charge is 0.292 e. The molecular weight excluding hydrogens is 318 g/mol. The van der Waals surface area contributed by atoms with Crippen molar-refractivity contribution in [3.8, 4) is 0 Å². The van der Waals surface area contributed by atoms with Crippen LogP contribution in [-0.4, -0.2) is 18.4 Å². The van der Waals surface area contributed by atoms with Gasteiger partial charge in [0.15, 0.2) is 9.94 Å². The Morgan fingerprint density at radius 3 is 2.50 bits per heavy atom. The molecule has 0 heterocycles. The normalized spacial score (nSPS) is 13.5. The second-order valence-electron chi connectivity index (χ2n) is 3.23. The molecule has 1 aromatic carbocycles. The lowest BCUT2D eigenvalue weighted by Gasteiger charge is -2.07. The van der Waals surface area contributed by atoms with Crippen LogP contribution in [0, 0.1) is 6.92 Å². The third-order valence-corrected chi connectivity index (χ3v) is 5.13. The molecule has 2 N–H and O–H groups in total. The first-order valence-corrected chi connectivity index (χ1v) is 7.10. The number of nitrogens with two attached hydrogens (primary N) is 1. The fraction of sp³-hybridized carbons (Fsp3) is 0.222. The third kappa shape index (κ3) is 3.04. The maximum atomic E-state index is 11.7. The van der Waals surface area contributed by atoms with E-state index in [1.807, 2.05) is 0 Å². The van der Waals surface area contributed by atoms with Crippen LogP contribution in [0.25, 0.3) is 0 Å². The summed E-state index contributed by atoms with van der Waals surface area (Å²) in [5.74, 6) is -0.609. The molecule has 1 rings (SSSR count). The van der Waals surface area contributed by atoms with Gasteiger partial charge in [-0.15, -0.1) is 0 Å². The lowest BCUT2D eigenvalue weighted by Crippen LogP contribution is -2.30. The number of ketones is 1. The summed E-state index contributed by atoms with van der Waals surface area (Å²) in [4.78, 5) is 11.7. The minimum Gasteiger partial charge on any atom is -0.292 e. The molecule has 0 spiro atoms. The van der Waals surface area contributed by atoms with E-state index in [-0.39, 0.29) is 5.56 Å². The number of hydrogen-bond acceptors (Lipinski definition) is 3. The summed E-state index contributed by atoms with van der Waals surface area (Å²) in [6.07, 6.45) is 0. The van der Waals surface area contributed by atoms with Crippen LogP contribution in [0.2, 0.25) is 5.02 Å². The van der Waals surface area contributed by atoms with Gasteiger partial charge in [-0.3, -0.25) is 4.79 Å². The van der Waals surface area contributed by atoms with E-state index in [4.69, 9.17) is 16.7 Å². The molecule has 0 aromatic heterocycles. The first kappa shape index (κ1) is 13.6. The summed E-state index contributed by atoms with van der Waals surface area (Å²) >= 11 is 8.54. The van der Waals surface area contributed by atoms with E-state index in [9.17, 15) is 13.2 Å². The Morgan fingerprint density at radius 1 is 1.50 bits per heavy atom. The fourth-order valence-corrected chi connectivity index (χ4v) is 1.89. The minimum atomic E-state index is -3.94. The second kappa shape index (κ2) is 4.83. The van der Waals surface area contributed by atoms with Gasteiger partial charge in [0.2, 0.25) is 10.0 Å². The minimum absolute atomic E-state index is 0.248. The van der Waals surface area contributed by atoms with E-state index in [2.05, 4.69) is 15.9 Å². The van der Waals surface area contributed by atoms with Crippen molar-refractivity contribution < 1.29 is 13.2 Å². The fourth-order valence-electron chi connectivity index (χ4n) is 1.08. The van der Waals surface area contributed by atoms with E-state index in [0.717, 1.165) is 0 Å². The highest BCUT2D eigenvalue weighted by Crippen LogP contribution is 2.20. The first-order valence-electron chi connectivity index (χ1n) is 4.19. The van der Waals surface area contributed by atoms with Crippen molar-refractivity contribution >= 4 is 43.3 Å². The molecule has 1 atom stereocenters. The number of hydrogen-bond donors (Lipinski definition) is 1. The van der Waals surface area contributed by atoms with E-state index >= 15 is 0 Å². The molecule has 0 bridgehead atoms. The van der Waals surface area contributed by atoms with Crippen molar-refractivity contribution in [3.05, 3.63) is 34.3 Å². The summed E-state index contributed by atoms with van der Waals surface area (Å²) < 4.78 is 20.5. The smallest absolute Gasteiger partial charge is 0.229 e. The van der Waals surface area contributed by atoms with E-state index in [1.54, 1.807) is 6.92 Å². The molecule has 0 saturated heterocycles. The molecule has 7 heteroatoms. The summed E-state index contributed by atoms with van der Waals surface area (Å²) in [6.45, 7) is 1.72. The number of Topliss-reactive ketones (excluding diaryl/α,β-unsaturated/α-hetero) is 1. The van der Waals surface area contributed by atoms with Gasteiger partial charge in [-0.1, -0.05) is 27.5 Å². The number of alkyl halides is 1. The van der Waals surface area contributed by atoms with Gasteiger partial charge in [-0.05, 0) is 30.7 Å². The highest BCUT2D eigenvalue weighted by molar-refractivity contribution is 9.11. The third-order valence-electron chi connectivity index (χ3n) is 1.94. The number of sulfonamides is 1. The molecule has 0 aliphatic rings. The van der Waals surface area contributed by atoms with Gasteiger partial charge in [0, 0.05) is 10.6 Å². The number of carbonyl (C=O) groups is 1. The number of primary sulfonamides is 1.